The molecule has 2 aliphatic rings. The number of benzene rings is 2. The fourth-order valence-corrected chi connectivity index (χ4v) is 4.37. The first kappa shape index (κ1) is 19.8. The summed E-state index contributed by atoms with van der Waals surface area (Å²) in [5, 5.41) is 4.88. The molecule has 9 heteroatoms. The third-order valence-electron chi connectivity index (χ3n) is 5.81. The number of carbonyl (C=O) groups is 1. The van der Waals surface area contributed by atoms with Crippen molar-refractivity contribution in [2.24, 2.45) is 11.7 Å². The number of aromatic nitrogens is 3. The van der Waals surface area contributed by atoms with Crippen molar-refractivity contribution < 1.29 is 14.3 Å². The third-order valence-corrected chi connectivity index (χ3v) is 6.20. The normalized spacial score (nSPS) is 16.5. The molecule has 31 heavy (non-hydrogen) atoms. The van der Waals surface area contributed by atoms with Gasteiger partial charge >= 0.3 is 0 Å². The second-order valence-electron chi connectivity index (χ2n) is 7.78. The summed E-state index contributed by atoms with van der Waals surface area (Å²) in [6, 6.07) is 15.7. The number of hydrogen-bond acceptors (Lipinski definition) is 6. The molecular weight excluding hydrogens is 414 g/mol. The molecule has 3 heterocycles. The minimum atomic E-state index is -0.213. The topological polar surface area (TPSA) is 87.5 Å². The number of carbonyl (C=O) groups excluding carboxylic acids is 1. The number of likely N-dealkylation sites (tertiary alicyclic amines) is 1. The van der Waals surface area contributed by atoms with Crippen molar-refractivity contribution >= 4 is 18.1 Å². The van der Waals surface area contributed by atoms with Gasteiger partial charge in [-0.2, -0.15) is 0 Å². The van der Waals surface area contributed by atoms with Gasteiger partial charge < -0.3 is 15.2 Å². The Balaban J connectivity index is 1.50. The summed E-state index contributed by atoms with van der Waals surface area (Å²) in [6.07, 6.45) is 1.52. The Morgan fingerprint density at radius 1 is 1.10 bits per heavy atom. The highest BCUT2D eigenvalue weighted by Gasteiger charge is 2.25. The van der Waals surface area contributed by atoms with E-state index >= 15 is 0 Å². The maximum atomic E-state index is 11.5. The van der Waals surface area contributed by atoms with Crippen LogP contribution in [0.4, 0.5) is 0 Å². The number of fused-ring (bicyclic) bond motifs is 1. The number of piperidine rings is 1. The predicted molar refractivity (Wildman–Crippen MR) is 117 cm³/mol. The molecule has 3 aromatic rings. The molecule has 1 fully saturated rings. The number of ether oxygens (including phenoxy) is 2. The molecule has 0 radical (unpaired) electrons. The minimum absolute atomic E-state index is 0.0460. The largest absolute Gasteiger partial charge is 0.454 e. The van der Waals surface area contributed by atoms with Gasteiger partial charge in [-0.3, -0.25) is 14.3 Å². The molecule has 0 aliphatic carbocycles. The molecule has 0 unspecified atom stereocenters. The van der Waals surface area contributed by atoms with E-state index in [-0.39, 0.29) is 18.6 Å². The SMILES string of the molecule is NC(=O)C1CCN(Cn2nc(-c3ccc4c(c3)OCO4)n(-c3ccccc3)c2=S)CC1. The van der Waals surface area contributed by atoms with E-state index in [1.165, 1.54) is 0 Å². The highest BCUT2D eigenvalue weighted by Crippen LogP contribution is 2.36. The third kappa shape index (κ3) is 3.82. The highest BCUT2D eigenvalue weighted by atomic mass is 32.1. The molecule has 2 N–H and O–H groups in total. The first-order valence-electron chi connectivity index (χ1n) is 10.3. The Bertz CT molecular complexity index is 1170. The van der Waals surface area contributed by atoms with Crippen molar-refractivity contribution in [3.05, 3.63) is 53.3 Å². The zero-order valence-electron chi connectivity index (χ0n) is 16.9. The van der Waals surface area contributed by atoms with Gasteiger partial charge in [-0.1, -0.05) is 18.2 Å². The van der Waals surface area contributed by atoms with E-state index in [1.54, 1.807) is 0 Å². The molecule has 2 aromatic carbocycles. The van der Waals surface area contributed by atoms with Crippen LogP contribution in [-0.2, 0) is 11.5 Å². The van der Waals surface area contributed by atoms with E-state index in [2.05, 4.69) is 4.90 Å². The molecule has 160 valence electrons. The Labute approximate surface area is 184 Å². The van der Waals surface area contributed by atoms with Crippen molar-refractivity contribution in [3.63, 3.8) is 0 Å². The van der Waals surface area contributed by atoms with Crippen LogP contribution in [0.3, 0.4) is 0 Å². The Hall–Kier alpha value is -3.17. The Kier molecular flexibility index (Phi) is 5.21. The quantitative estimate of drug-likeness (QED) is 0.618. The molecule has 2 aliphatic heterocycles. The first-order valence-corrected chi connectivity index (χ1v) is 10.7. The maximum absolute atomic E-state index is 11.5. The first-order chi connectivity index (χ1) is 15.1. The van der Waals surface area contributed by atoms with Crippen LogP contribution in [0.25, 0.3) is 17.1 Å². The number of para-hydroxylation sites is 1. The van der Waals surface area contributed by atoms with E-state index < -0.39 is 0 Å². The molecule has 1 saturated heterocycles. The zero-order chi connectivity index (χ0) is 21.4. The van der Waals surface area contributed by atoms with Gasteiger partial charge in [0.1, 0.15) is 0 Å². The Morgan fingerprint density at radius 3 is 2.58 bits per heavy atom. The highest BCUT2D eigenvalue weighted by molar-refractivity contribution is 7.71. The lowest BCUT2D eigenvalue weighted by Crippen LogP contribution is -2.39. The number of rotatable bonds is 5. The van der Waals surface area contributed by atoms with E-state index in [4.69, 9.17) is 32.5 Å². The van der Waals surface area contributed by atoms with E-state index in [9.17, 15) is 4.79 Å². The van der Waals surface area contributed by atoms with Gasteiger partial charge in [0.2, 0.25) is 17.5 Å². The van der Waals surface area contributed by atoms with Crippen molar-refractivity contribution in [2.45, 2.75) is 19.5 Å². The summed E-state index contributed by atoms with van der Waals surface area (Å²) in [7, 11) is 0. The van der Waals surface area contributed by atoms with Gasteiger partial charge in [0.05, 0.1) is 6.67 Å². The van der Waals surface area contributed by atoms with Crippen LogP contribution < -0.4 is 15.2 Å². The summed E-state index contributed by atoms with van der Waals surface area (Å²) < 4.78 is 15.4. The van der Waals surface area contributed by atoms with Crippen LogP contribution in [0.1, 0.15) is 12.8 Å². The number of nitrogens with two attached hydrogens (primary N) is 1. The van der Waals surface area contributed by atoms with Gasteiger partial charge in [-0.15, -0.1) is 5.10 Å². The van der Waals surface area contributed by atoms with Gasteiger partial charge in [0.25, 0.3) is 0 Å². The zero-order valence-corrected chi connectivity index (χ0v) is 17.8. The number of hydrogen-bond donors (Lipinski definition) is 1. The molecule has 0 atom stereocenters. The van der Waals surface area contributed by atoms with Crippen molar-refractivity contribution in [2.75, 3.05) is 19.9 Å². The number of nitrogens with zero attached hydrogens (tertiary/aromatic N) is 4. The maximum Gasteiger partial charge on any atom is 0.231 e. The molecule has 5 rings (SSSR count). The van der Waals surface area contributed by atoms with Crippen LogP contribution in [0.2, 0.25) is 0 Å². The van der Waals surface area contributed by atoms with Crippen LogP contribution >= 0.6 is 12.2 Å². The Morgan fingerprint density at radius 2 is 1.84 bits per heavy atom. The fraction of sp³-hybridized carbons (Fsp3) is 0.318. The lowest BCUT2D eigenvalue weighted by Gasteiger charge is -2.29. The summed E-state index contributed by atoms with van der Waals surface area (Å²) in [6.45, 7) is 2.35. The van der Waals surface area contributed by atoms with Gasteiger partial charge in [0.15, 0.2) is 17.3 Å². The number of primary amides is 1. The van der Waals surface area contributed by atoms with Crippen molar-refractivity contribution in [3.8, 4) is 28.6 Å². The fourth-order valence-electron chi connectivity index (χ4n) is 4.08. The minimum Gasteiger partial charge on any atom is -0.454 e. The average molecular weight is 438 g/mol. The molecule has 0 spiro atoms. The summed E-state index contributed by atoms with van der Waals surface area (Å²) in [5.74, 6) is 1.91. The van der Waals surface area contributed by atoms with Crippen LogP contribution in [-0.4, -0.2) is 45.0 Å². The lowest BCUT2D eigenvalue weighted by atomic mass is 9.97. The second kappa shape index (κ2) is 8.16. The summed E-state index contributed by atoms with van der Waals surface area (Å²) in [4.78, 5) is 13.7. The standard InChI is InChI=1S/C22H23N5O3S/c23-20(28)15-8-10-25(11-9-15)13-26-22(31)27(17-4-2-1-3-5-17)21(24-26)16-6-7-18-19(12-16)30-14-29-18/h1-7,12,15H,8-11,13-14H2,(H2,23,28). The predicted octanol–water partition coefficient (Wildman–Crippen LogP) is 2.95. The smallest absolute Gasteiger partial charge is 0.231 e. The van der Waals surface area contributed by atoms with Gasteiger partial charge in [-0.25, -0.2) is 4.68 Å². The molecule has 1 aromatic heterocycles. The average Bonchev–Trinajstić information content (AvgIpc) is 3.39. The number of amides is 1. The van der Waals surface area contributed by atoms with Crippen molar-refractivity contribution in [1.82, 2.24) is 19.2 Å². The molecule has 1 amide bonds. The lowest BCUT2D eigenvalue weighted by molar-refractivity contribution is -0.123. The van der Waals surface area contributed by atoms with E-state index in [0.29, 0.717) is 17.2 Å². The summed E-state index contributed by atoms with van der Waals surface area (Å²) >= 11 is 5.83. The monoisotopic (exact) mass is 437 g/mol. The van der Waals surface area contributed by atoms with Crippen LogP contribution in [0.15, 0.2) is 48.5 Å². The molecular formula is C22H23N5O3S. The van der Waals surface area contributed by atoms with Crippen molar-refractivity contribution in [1.29, 1.82) is 0 Å². The molecule has 0 saturated carbocycles. The van der Waals surface area contributed by atoms with Gasteiger partial charge in [-0.05, 0) is 55.4 Å². The van der Waals surface area contributed by atoms with E-state index in [0.717, 1.165) is 48.8 Å². The van der Waals surface area contributed by atoms with Crippen LogP contribution in [0.5, 0.6) is 11.5 Å². The molecule has 0 bridgehead atoms. The van der Waals surface area contributed by atoms with Gasteiger partial charge in [0, 0.05) is 30.3 Å². The molecule has 8 nitrogen and oxygen atoms in total. The summed E-state index contributed by atoms with van der Waals surface area (Å²) in [5.41, 5.74) is 7.30. The second-order valence-corrected chi connectivity index (χ2v) is 8.15. The van der Waals surface area contributed by atoms with Crippen LogP contribution in [0, 0.1) is 10.7 Å². The van der Waals surface area contributed by atoms with E-state index in [1.807, 2.05) is 57.8 Å².